The van der Waals surface area contributed by atoms with E-state index in [9.17, 15) is 14.4 Å². The summed E-state index contributed by atoms with van der Waals surface area (Å²) in [7, 11) is 0. The second kappa shape index (κ2) is 14.2. The van der Waals surface area contributed by atoms with E-state index in [1.807, 2.05) is 0 Å². The fraction of sp³-hybridized carbons (Fsp3) is 0.812. The van der Waals surface area contributed by atoms with Gasteiger partial charge in [0.15, 0.2) is 5.60 Å². The summed E-state index contributed by atoms with van der Waals surface area (Å²) in [5, 5.41) is 88.0. The molecule has 178 valence electrons. The molecule has 0 aromatic heterocycles. The van der Waals surface area contributed by atoms with Gasteiger partial charge in [0.1, 0.15) is 0 Å². The van der Waals surface area contributed by atoms with Gasteiger partial charge in [0, 0.05) is 0 Å². The highest BCUT2D eigenvalue weighted by atomic mass is 16.5. The Hall–Kier alpha value is -1.91. The Morgan fingerprint density at radius 2 is 0.867 bits per heavy atom. The van der Waals surface area contributed by atoms with Crippen LogP contribution in [-0.2, 0) is 19.1 Å². The molecule has 30 heavy (non-hydrogen) atoms. The molecule has 10 N–H and O–H groups in total. The molecular weight excluding hydrogens is 416 g/mol. The molecule has 0 spiro atoms. The molecule has 0 atom stereocenters. The van der Waals surface area contributed by atoms with E-state index in [0.29, 0.717) is 0 Å². The summed E-state index contributed by atoms with van der Waals surface area (Å²) in [4.78, 5) is 30.5. The predicted molar refractivity (Wildman–Crippen MR) is 95.3 cm³/mol. The molecule has 0 radical (unpaired) electrons. The topological polar surface area (TPSA) is 263 Å². The van der Waals surface area contributed by atoms with Gasteiger partial charge in [-0.1, -0.05) is 0 Å². The van der Waals surface area contributed by atoms with Crippen LogP contribution in [0.1, 0.15) is 12.8 Å². The highest BCUT2D eigenvalue weighted by molar-refractivity contribution is 5.88. The number of ether oxygens (including phenoxy) is 1. The number of hydrogen-bond donors (Lipinski definition) is 10. The third-order valence-corrected chi connectivity index (χ3v) is 4.11. The maximum Gasteiger partial charge on any atom is 0.336 e. The molecular formula is C16H30O14. The average Bonchev–Trinajstić information content (AvgIpc) is 2.68. The molecule has 0 saturated carbocycles. The molecule has 0 heterocycles. The summed E-state index contributed by atoms with van der Waals surface area (Å²) in [5.74, 6) is -5.02. The first-order valence-electron chi connectivity index (χ1n) is 8.47. The lowest BCUT2D eigenvalue weighted by Gasteiger charge is -2.31. The number of carboxylic acid groups (broad SMARTS) is 3. The van der Waals surface area contributed by atoms with Crippen LogP contribution in [0.15, 0.2) is 0 Å². The van der Waals surface area contributed by atoms with E-state index in [1.165, 1.54) is 0 Å². The Labute approximate surface area is 171 Å². The minimum atomic E-state index is -2.74. The van der Waals surface area contributed by atoms with Crippen molar-refractivity contribution in [3.63, 3.8) is 0 Å². The van der Waals surface area contributed by atoms with Crippen LogP contribution in [0.2, 0.25) is 0 Å². The van der Waals surface area contributed by atoms with Crippen molar-refractivity contribution in [1.82, 2.24) is 0 Å². The lowest BCUT2D eigenvalue weighted by atomic mass is 9.91. The summed E-state index contributed by atoms with van der Waals surface area (Å²) >= 11 is 0. The normalized spacial score (nSPS) is 12.1. The van der Waals surface area contributed by atoms with Gasteiger partial charge in [-0.15, -0.1) is 0 Å². The third kappa shape index (κ3) is 10.2. The molecule has 0 aliphatic heterocycles. The van der Waals surface area contributed by atoms with Crippen molar-refractivity contribution < 1.29 is 70.2 Å². The van der Waals surface area contributed by atoms with Crippen molar-refractivity contribution in [2.24, 2.45) is 10.8 Å². The van der Waals surface area contributed by atoms with Gasteiger partial charge in [0.05, 0.1) is 76.5 Å². The van der Waals surface area contributed by atoms with Crippen LogP contribution in [-0.4, -0.2) is 127 Å². The molecule has 0 amide bonds. The largest absolute Gasteiger partial charge is 0.481 e. The van der Waals surface area contributed by atoms with Crippen LogP contribution >= 0.6 is 0 Å². The fourth-order valence-electron chi connectivity index (χ4n) is 1.77. The minimum absolute atomic E-state index is 0.141. The van der Waals surface area contributed by atoms with E-state index in [0.717, 1.165) is 0 Å². The quantitative estimate of drug-likeness (QED) is 0.114. The Bertz CT molecular complexity index is 474. The molecule has 0 aromatic rings. The van der Waals surface area contributed by atoms with Gasteiger partial charge in [0.25, 0.3) is 0 Å². The summed E-state index contributed by atoms with van der Waals surface area (Å²) in [5.41, 5.74) is -5.06. The van der Waals surface area contributed by atoms with E-state index < -0.39 is 86.8 Å². The summed E-state index contributed by atoms with van der Waals surface area (Å²) in [6.45, 7) is -3.01. The molecule has 0 bridgehead atoms. The summed E-state index contributed by atoms with van der Waals surface area (Å²) < 4.78 is 5.15. The molecule has 0 saturated heterocycles. The van der Waals surface area contributed by atoms with E-state index >= 15 is 0 Å². The van der Waals surface area contributed by atoms with E-state index in [1.54, 1.807) is 0 Å². The van der Waals surface area contributed by atoms with Crippen LogP contribution in [0.3, 0.4) is 0 Å². The Morgan fingerprint density at radius 1 is 0.600 bits per heavy atom. The lowest BCUT2D eigenvalue weighted by Crippen LogP contribution is -2.43. The van der Waals surface area contributed by atoms with Gasteiger partial charge in [-0.3, -0.25) is 9.59 Å². The standard InChI is InChI=1S/C10H22O7.C6H8O7/c11-1-9(2-12,3-13)7-17-8-10(4-14,5-15)6-16;7-3(8)1-6(13,5(11)12)2-4(9)10/h11-16H,1-8H2;13H,1-2H2,(H,7,8)(H,9,10)(H,11,12). The van der Waals surface area contributed by atoms with E-state index in [4.69, 9.17) is 55.8 Å². The minimum Gasteiger partial charge on any atom is -0.481 e. The third-order valence-electron chi connectivity index (χ3n) is 4.11. The predicted octanol–water partition coefficient (Wildman–Crippen LogP) is -4.32. The Kier molecular flexibility index (Phi) is 14.3. The number of rotatable bonds is 15. The fourth-order valence-corrected chi connectivity index (χ4v) is 1.77. The van der Waals surface area contributed by atoms with Crippen molar-refractivity contribution >= 4 is 17.9 Å². The van der Waals surface area contributed by atoms with Crippen molar-refractivity contribution in [2.45, 2.75) is 18.4 Å². The number of carbonyl (C=O) groups is 3. The highest BCUT2D eigenvalue weighted by Gasteiger charge is 2.40. The van der Waals surface area contributed by atoms with E-state index in [2.05, 4.69) is 0 Å². The van der Waals surface area contributed by atoms with Crippen LogP contribution in [0.4, 0.5) is 0 Å². The van der Waals surface area contributed by atoms with Crippen molar-refractivity contribution in [1.29, 1.82) is 0 Å². The zero-order chi connectivity index (χ0) is 24.0. The highest BCUT2D eigenvalue weighted by Crippen LogP contribution is 2.20. The van der Waals surface area contributed by atoms with Gasteiger partial charge < -0.3 is 55.8 Å². The second-order valence-corrected chi connectivity index (χ2v) is 6.92. The van der Waals surface area contributed by atoms with Crippen LogP contribution in [0.5, 0.6) is 0 Å². The summed E-state index contributed by atoms with van der Waals surface area (Å²) in [6.07, 6.45) is -2.29. The molecule has 0 rings (SSSR count). The number of aliphatic hydroxyl groups excluding tert-OH is 6. The van der Waals surface area contributed by atoms with E-state index in [-0.39, 0.29) is 13.2 Å². The molecule has 0 aromatic carbocycles. The van der Waals surface area contributed by atoms with Crippen molar-refractivity contribution in [2.75, 3.05) is 52.9 Å². The monoisotopic (exact) mass is 446 g/mol. The number of carboxylic acids is 3. The molecule has 0 aliphatic rings. The maximum atomic E-state index is 10.3. The molecule has 0 unspecified atom stereocenters. The first-order valence-corrected chi connectivity index (χ1v) is 8.47. The molecule has 14 nitrogen and oxygen atoms in total. The van der Waals surface area contributed by atoms with Gasteiger partial charge in [-0.2, -0.15) is 0 Å². The first-order chi connectivity index (χ1) is 13.8. The maximum absolute atomic E-state index is 10.3. The van der Waals surface area contributed by atoms with Gasteiger partial charge in [-0.25, -0.2) is 4.79 Å². The SMILES string of the molecule is O=C(O)CC(O)(CC(=O)O)C(=O)O.OCC(CO)(CO)COCC(CO)(CO)CO. The average molecular weight is 446 g/mol. The molecule has 14 heteroatoms. The zero-order valence-electron chi connectivity index (χ0n) is 16.2. The number of hydrogen-bond acceptors (Lipinski definition) is 11. The number of aliphatic carboxylic acids is 3. The van der Waals surface area contributed by atoms with Gasteiger partial charge >= 0.3 is 17.9 Å². The van der Waals surface area contributed by atoms with Crippen LogP contribution in [0, 0.1) is 10.8 Å². The first kappa shape index (κ1) is 30.3. The summed E-state index contributed by atoms with van der Waals surface area (Å²) in [6, 6.07) is 0. The molecule has 0 fully saturated rings. The molecule has 0 aliphatic carbocycles. The van der Waals surface area contributed by atoms with Crippen LogP contribution in [0.25, 0.3) is 0 Å². The number of aliphatic hydroxyl groups is 7. The van der Waals surface area contributed by atoms with Crippen LogP contribution < -0.4 is 0 Å². The lowest BCUT2D eigenvalue weighted by molar-refractivity contribution is -0.170. The smallest absolute Gasteiger partial charge is 0.336 e. The van der Waals surface area contributed by atoms with Gasteiger partial charge in [0.2, 0.25) is 0 Å². The Morgan fingerprint density at radius 3 is 1.03 bits per heavy atom. The van der Waals surface area contributed by atoms with Gasteiger partial charge in [-0.05, 0) is 0 Å². The van der Waals surface area contributed by atoms with Crippen molar-refractivity contribution in [3.8, 4) is 0 Å². The Balaban J connectivity index is 0. The van der Waals surface area contributed by atoms with Crippen molar-refractivity contribution in [3.05, 3.63) is 0 Å². The zero-order valence-corrected chi connectivity index (χ0v) is 16.2. The second-order valence-electron chi connectivity index (χ2n) is 6.92.